The van der Waals surface area contributed by atoms with Crippen LogP contribution >= 0.6 is 0 Å². The summed E-state index contributed by atoms with van der Waals surface area (Å²) in [7, 11) is 0. The molecule has 1 aromatic carbocycles. The third-order valence-electron chi connectivity index (χ3n) is 3.96. The van der Waals surface area contributed by atoms with Gasteiger partial charge in [0.15, 0.2) is 0 Å². The van der Waals surface area contributed by atoms with Gasteiger partial charge in [0, 0.05) is 12.1 Å². The zero-order valence-electron chi connectivity index (χ0n) is 14.7. The number of para-hydroxylation sites is 1. The first-order chi connectivity index (χ1) is 10.7. The van der Waals surface area contributed by atoms with Crippen LogP contribution in [0.25, 0.3) is 0 Å². The predicted molar refractivity (Wildman–Crippen MR) is 91.3 cm³/mol. The van der Waals surface area contributed by atoms with Gasteiger partial charge in [0.25, 0.3) is 0 Å². The molecule has 5 heteroatoms. The maximum absolute atomic E-state index is 12.9. The van der Waals surface area contributed by atoms with Gasteiger partial charge >= 0.3 is 0 Å². The summed E-state index contributed by atoms with van der Waals surface area (Å²) in [6.07, 6.45) is 0. The number of hydrogen-bond donors (Lipinski definition) is 0. The monoisotopic (exact) mass is 315 g/mol. The van der Waals surface area contributed by atoms with E-state index >= 15 is 0 Å². The number of amides is 2. The average Bonchev–Trinajstić information content (AvgIpc) is 2.46. The number of aliphatic imine (C=N–C) groups is 1. The Labute approximate surface area is 138 Å². The molecule has 2 rings (SSSR count). The fourth-order valence-electron chi connectivity index (χ4n) is 2.65. The van der Waals surface area contributed by atoms with Crippen molar-refractivity contribution in [1.82, 2.24) is 9.80 Å². The van der Waals surface area contributed by atoms with Crippen LogP contribution in [0.1, 0.15) is 41.5 Å². The molecule has 1 saturated heterocycles. The van der Waals surface area contributed by atoms with E-state index in [4.69, 9.17) is 0 Å². The number of carbonyl (C=O) groups is 2. The van der Waals surface area contributed by atoms with Crippen molar-refractivity contribution in [3.05, 3.63) is 30.3 Å². The highest BCUT2D eigenvalue weighted by molar-refractivity contribution is 6.20. The van der Waals surface area contributed by atoms with Gasteiger partial charge in [-0.15, -0.1) is 0 Å². The lowest BCUT2D eigenvalue weighted by molar-refractivity contribution is -0.156. The second-order valence-corrected chi connectivity index (χ2v) is 6.91. The van der Waals surface area contributed by atoms with E-state index < -0.39 is 5.41 Å². The maximum atomic E-state index is 12.9. The summed E-state index contributed by atoms with van der Waals surface area (Å²) in [5, 5.41) is 0. The number of benzene rings is 1. The Morgan fingerprint density at radius 2 is 1.30 bits per heavy atom. The van der Waals surface area contributed by atoms with Crippen molar-refractivity contribution in [3.63, 3.8) is 0 Å². The topological polar surface area (TPSA) is 53.0 Å². The van der Waals surface area contributed by atoms with Gasteiger partial charge in [-0.25, -0.2) is 4.99 Å². The van der Waals surface area contributed by atoms with Gasteiger partial charge in [-0.3, -0.25) is 19.4 Å². The van der Waals surface area contributed by atoms with Crippen molar-refractivity contribution in [3.8, 4) is 0 Å². The zero-order valence-corrected chi connectivity index (χ0v) is 14.7. The van der Waals surface area contributed by atoms with E-state index in [1.165, 1.54) is 0 Å². The second-order valence-electron chi connectivity index (χ2n) is 6.91. The van der Waals surface area contributed by atoms with Gasteiger partial charge < -0.3 is 0 Å². The Morgan fingerprint density at radius 3 is 1.70 bits per heavy atom. The van der Waals surface area contributed by atoms with E-state index in [1.54, 1.807) is 23.6 Å². The normalized spacial score (nSPS) is 18.2. The first-order valence-electron chi connectivity index (χ1n) is 7.99. The quantitative estimate of drug-likeness (QED) is 0.804. The van der Waals surface area contributed by atoms with Crippen LogP contribution in [0.2, 0.25) is 0 Å². The molecule has 0 unspecified atom stereocenters. The summed E-state index contributed by atoms with van der Waals surface area (Å²) in [4.78, 5) is 33.6. The first-order valence-corrected chi connectivity index (χ1v) is 7.99. The van der Waals surface area contributed by atoms with Crippen LogP contribution in [-0.2, 0) is 9.59 Å². The van der Waals surface area contributed by atoms with Gasteiger partial charge in [-0.2, -0.15) is 0 Å². The van der Waals surface area contributed by atoms with Gasteiger partial charge in [-0.1, -0.05) is 18.2 Å². The Bertz CT molecular complexity index is 601. The molecule has 1 aliphatic rings. The molecule has 0 aromatic heterocycles. The standard InChI is InChI=1S/C18H25N3O2/c1-12(2)20-15(22)18(5,6)16(23)21(13(3)4)17(20)19-14-10-8-7-9-11-14/h7-13H,1-6H3. The smallest absolute Gasteiger partial charge is 0.244 e. The molecule has 0 bridgehead atoms. The van der Waals surface area contributed by atoms with E-state index in [9.17, 15) is 9.59 Å². The average molecular weight is 315 g/mol. The lowest BCUT2D eigenvalue weighted by Gasteiger charge is -2.46. The Kier molecular flexibility index (Phi) is 4.59. The Hall–Kier alpha value is -2.17. The third-order valence-corrected chi connectivity index (χ3v) is 3.96. The van der Waals surface area contributed by atoms with Gasteiger partial charge in [0.1, 0.15) is 5.41 Å². The van der Waals surface area contributed by atoms with E-state index in [0.717, 1.165) is 5.69 Å². The molecule has 23 heavy (non-hydrogen) atoms. The van der Waals surface area contributed by atoms with E-state index in [-0.39, 0.29) is 23.9 Å². The minimum absolute atomic E-state index is 0.0846. The second kappa shape index (κ2) is 6.14. The molecule has 0 spiro atoms. The van der Waals surface area contributed by atoms with Crippen LogP contribution in [0.3, 0.4) is 0 Å². The number of nitrogens with zero attached hydrogens (tertiary/aromatic N) is 3. The van der Waals surface area contributed by atoms with Crippen molar-refractivity contribution in [2.24, 2.45) is 10.4 Å². The van der Waals surface area contributed by atoms with Crippen LogP contribution in [0.15, 0.2) is 35.3 Å². The predicted octanol–water partition coefficient (Wildman–Crippen LogP) is 3.19. The molecule has 0 aliphatic carbocycles. The summed E-state index contributed by atoms with van der Waals surface area (Å²) < 4.78 is 0. The Morgan fingerprint density at radius 1 is 0.870 bits per heavy atom. The van der Waals surface area contributed by atoms with Crippen molar-refractivity contribution < 1.29 is 9.59 Å². The molecular formula is C18H25N3O2. The van der Waals surface area contributed by atoms with E-state index in [2.05, 4.69) is 4.99 Å². The van der Waals surface area contributed by atoms with E-state index in [1.807, 2.05) is 58.0 Å². The minimum Gasteiger partial charge on any atom is -0.279 e. The highest BCUT2D eigenvalue weighted by Crippen LogP contribution is 2.32. The molecule has 0 radical (unpaired) electrons. The molecule has 1 heterocycles. The summed E-state index contributed by atoms with van der Waals surface area (Å²) in [5.74, 6) is 0.00341. The molecule has 0 saturated carbocycles. The number of guanidine groups is 1. The summed E-state index contributed by atoms with van der Waals surface area (Å²) in [6, 6.07) is 9.23. The molecule has 2 amide bonds. The summed E-state index contributed by atoms with van der Waals surface area (Å²) in [5.41, 5.74) is -0.358. The molecule has 1 fully saturated rings. The van der Waals surface area contributed by atoms with Crippen LogP contribution in [0.4, 0.5) is 5.69 Å². The fraction of sp³-hybridized carbons (Fsp3) is 0.500. The molecule has 1 aromatic rings. The van der Waals surface area contributed by atoms with Gasteiger partial charge in [-0.05, 0) is 53.7 Å². The van der Waals surface area contributed by atoms with Crippen molar-refractivity contribution in [2.45, 2.75) is 53.6 Å². The molecule has 124 valence electrons. The molecular weight excluding hydrogens is 290 g/mol. The maximum Gasteiger partial charge on any atom is 0.244 e. The van der Waals surface area contributed by atoms with Crippen molar-refractivity contribution >= 4 is 23.5 Å². The molecule has 0 N–H and O–H groups in total. The summed E-state index contributed by atoms with van der Waals surface area (Å²) >= 11 is 0. The van der Waals surface area contributed by atoms with Gasteiger partial charge in [0.2, 0.25) is 17.8 Å². The first kappa shape index (κ1) is 17.2. The molecule has 5 nitrogen and oxygen atoms in total. The minimum atomic E-state index is -1.08. The van der Waals surface area contributed by atoms with Crippen molar-refractivity contribution in [1.29, 1.82) is 0 Å². The third kappa shape index (κ3) is 3.00. The van der Waals surface area contributed by atoms with Crippen LogP contribution < -0.4 is 0 Å². The number of carbonyl (C=O) groups excluding carboxylic acids is 2. The van der Waals surface area contributed by atoms with Crippen LogP contribution in [0, 0.1) is 5.41 Å². The highest BCUT2D eigenvalue weighted by Gasteiger charge is 2.51. The van der Waals surface area contributed by atoms with Crippen LogP contribution in [-0.4, -0.2) is 39.7 Å². The lowest BCUT2D eigenvalue weighted by atomic mass is 9.86. The Balaban J connectivity index is 2.64. The largest absolute Gasteiger partial charge is 0.279 e. The molecule has 1 aliphatic heterocycles. The summed E-state index contributed by atoms with van der Waals surface area (Å²) in [6.45, 7) is 11.1. The SMILES string of the molecule is CC(C)N1C(=O)C(C)(C)C(=O)N(C(C)C)C1=Nc1ccccc1. The number of rotatable bonds is 3. The van der Waals surface area contributed by atoms with Gasteiger partial charge in [0.05, 0.1) is 5.69 Å². The van der Waals surface area contributed by atoms with Crippen molar-refractivity contribution in [2.75, 3.05) is 0 Å². The molecule has 0 atom stereocenters. The fourth-order valence-corrected chi connectivity index (χ4v) is 2.65. The lowest BCUT2D eigenvalue weighted by Crippen LogP contribution is -2.66. The van der Waals surface area contributed by atoms with E-state index in [0.29, 0.717) is 5.96 Å². The highest BCUT2D eigenvalue weighted by atomic mass is 16.2. The zero-order chi connectivity index (χ0) is 17.4. The number of hydrogen-bond acceptors (Lipinski definition) is 3. The van der Waals surface area contributed by atoms with Crippen LogP contribution in [0.5, 0.6) is 0 Å².